The van der Waals surface area contributed by atoms with Crippen molar-refractivity contribution in [1.29, 1.82) is 0 Å². The highest BCUT2D eigenvalue weighted by Crippen LogP contribution is 2.39. The van der Waals surface area contributed by atoms with E-state index in [-0.39, 0.29) is 23.7 Å². The maximum absolute atomic E-state index is 13.9. The Hall–Kier alpha value is -3.64. The van der Waals surface area contributed by atoms with E-state index in [4.69, 9.17) is 4.74 Å². The average molecular weight is 496 g/mol. The Labute approximate surface area is 191 Å². The van der Waals surface area contributed by atoms with Gasteiger partial charge in [-0.25, -0.2) is 26.0 Å². The lowest BCUT2D eigenvalue weighted by Crippen LogP contribution is -2.45. The zero-order chi connectivity index (χ0) is 24.6. The maximum atomic E-state index is 13.9. The highest BCUT2D eigenvalue weighted by atomic mass is 32.2. The Morgan fingerprint density at radius 3 is 2.35 bits per heavy atom. The highest BCUT2D eigenvalue weighted by Gasteiger charge is 2.35. The molecule has 1 unspecified atom stereocenters. The van der Waals surface area contributed by atoms with Crippen LogP contribution in [0.15, 0.2) is 59.5 Å². The molecular formula is C22H16F4N2O5S. The molecule has 3 aromatic rings. The molecular weight excluding hydrogens is 480 g/mol. The number of aliphatic hydroxyl groups excluding tert-OH is 1. The monoisotopic (exact) mass is 496 g/mol. The molecule has 0 saturated carbocycles. The number of carbonyl (C=O) groups is 1. The van der Waals surface area contributed by atoms with Crippen LogP contribution in [-0.4, -0.2) is 38.7 Å². The van der Waals surface area contributed by atoms with E-state index in [0.717, 1.165) is 28.6 Å². The van der Waals surface area contributed by atoms with Gasteiger partial charge >= 0.3 is 0 Å². The van der Waals surface area contributed by atoms with Crippen molar-refractivity contribution < 1.29 is 40.6 Å². The predicted octanol–water partition coefficient (Wildman–Crippen LogP) is 3.44. The Balaban J connectivity index is 1.74. The average Bonchev–Trinajstić information content (AvgIpc) is 2.79. The number of anilines is 2. The van der Waals surface area contributed by atoms with Crippen LogP contribution < -0.4 is 14.4 Å². The molecule has 178 valence electrons. The summed E-state index contributed by atoms with van der Waals surface area (Å²) < 4.78 is 87.7. The summed E-state index contributed by atoms with van der Waals surface area (Å²) in [7, 11) is -4.47. The van der Waals surface area contributed by atoms with Crippen LogP contribution in [0.4, 0.5) is 28.9 Å². The van der Waals surface area contributed by atoms with Crippen molar-refractivity contribution in [2.75, 3.05) is 22.8 Å². The SMILES string of the molecule is O=C(Nc1ccc2c(c1)N(S(=O)(=O)c1ccc(F)c(F)c1)CC(CO)O2)c1c(F)cccc1F. The van der Waals surface area contributed by atoms with Crippen LogP contribution in [-0.2, 0) is 10.0 Å². The van der Waals surface area contributed by atoms with Crippen LogP contribution in [0.25, 0.3) is 0 Å². The van der Waals surface area contributed by atoms with Gasteiger partial charge < -0.3 is 15.2 Å². The van der Waals surface area contributed by atoms with Gasteiger partial charge in [0.25, 0.3) is 15.9 Å². The molecule has 1 amide bonds. The number of ether oxygens (including phenoxy) is 1. The second-order valence-corrected chi connectivity index (χ2v) is 9.13. The number of halogens is 4. The molecule has 4 rings (SSSR count). The number of nitrogens with zero attached hydrogens (tertiary/aromatic N) is 1. The molecule has 0 saturated heterocycles. The van der Waals surface area contributed by atoms with Crippen molar-refractivity contribution in [2.24, 2.45) is 0 Å². The number of hydrogen-bond acceptors (Lipinski definition) is 5. The molecule has 0 bridgehead atoms. The van der Waals surface area contributed by atoms with E-state index in [0.29, 0.717) is 12.1 Å². The molecule has 34 heavy (non-hydrogen) atoms. The number of sulfonamides is 1. The van der Waals surface area contributed by atoms with Crippen LogP contribution in [0.3, 0.4) is 0 Å². The Morgan fingerprint density at radius 1 is 1.00 bits per heavy atom. The van der Waals surface area contributed by atoms with Gasteiger partial charge in [-0.3, -0.25) is 9.10 Å². The third kappa shape index (κ3) is 4.29. The predicted molar refractivity (Wildman–Crippen MR) is 113 cm³/mol. The molecule has 1 atom stereocenters. The van der Waals surface area contributed by atoms with Crippen molar-refractivity contribution in [2.45, 2.75) is 11.0 Å². The Bertz CT molecular complexity index is 1360. The topological polar surface area (TPSA) is 95.9 Å². The molecule has 1 aliphatic rings. The number of hydrogen-bond donors (Lipinski definition) is 2. The van der Waals surface area contributed by atoms with Gasteiger partial charge in [-0.1, -0.05) is 6.07 Å². The molecule has 0 aromatic heterocycles. The maximum Gasteiger partial charge on any atom is 0.264 e. The Kier molecular flexibility index (Phi) is 6.19. The van der Waals surface area contributed by atoms with Crippen LogP contribution in [0.1, 0.15) is 10.4 Å². The first-order valence-electron chi connectivity index (χ1n) is 9.76. The summed E-state index contributed by atoms with van der Waals surface area (Å²) in [6, 6.07) is 8.73. The highest BCUT2D eigenvalue weighted by molar-refractivity contribution is 7.92. The van der Waals surface area contributed by atoms with Gasteiger partial charge in [0.15, 0.2) is 11.6 Å². The fourth-order valence-electron chi connectivity index (χ4n) is 3.39. The van der Waals surface area contributed by atoms with E-state index in [1.807, 2.05) is 0 Å². The lowest BCUT2D eigenvalue weighted by molar-refractivity contribution is 0.101. The normalized spacial score (nSPS) is 15.4. The van der Waals surface area contributed by atoms with Crippen molar-refractivity contribution >= 4 is 27.3 Å². The number of benzene rings is 3. The summed E-state index contributed by atoms with van der Waals surface area (Å²) in [6.45, 7) is -0.932. The molecule has 7 nitrogen and oxygen atoms in total. The minimum Gasteiger partial charge on any atom is -0.484 e. The van der Waals surface area contributed by atoms with Crippen LogP contribution in [0.2, 0.25) is 0 Å². The molecule has 3 aromatic carbocycles. The molecule has 1 heterocycles. The Morgan fingerprint density at radius 2 is 1.71 bits per heavy atom. The smallest absolute Gasteiger partial charge is 0.264 e. The lowest BCUT2D eigenvalue weighted by Gasteiger charge is -2.35. The standard InChI is InChI=1S/C22H16F4N2O5S/c23-15-6-5-14(9-18(15)26)34(31,32)28-10-13(11-29)33-20-7-4-12(8-19(20)28)27-22(30)21-16(24)2-1-3-17(21)25/h1-9,13,29H,10-11H2,(H,27,30). The second-order valence-electron chi connectivity index (χ2n) is 7.27. The number of aliphatic hydroxyl groups is 1. The minimum absolute atomic E-state index is 0.00605. The summed E-state index contributed by atoms with van der Waals surface area (Å²) in [5.41, 5.74) is -0.952. The quantitative estimate of drug-likeness (QED) is 0.528. The van der Waals surface area contributed by atoms with Crippen molar-refractivity contribution in [3.8, 4) is 5.75 Å². The minimum atomic E-state index is -4.47. The van der Waals surface area contributed by atoms with Crippen molar-refractivity contribution in [3.63, 3.8) is 0 Å². The zero-order valence-corrected chi connectivity index (χ0v) is 18.0. The van der Waals surface area contributed by atoms with E-state index >= 15 is 0 Å². The largest absolute Gasteiger partial charge is 0.484 e. The lowest BCUT2D eigenvalue weighted by atomic mass is 10.1. The molecule has 1 aliphatic heterocycles. The number of nitrogens with one attached hydrogen (secondary N) is 1. The van der Waals surface area contributed by atoms with Gasteiger partial charge in [0, 0.05) is 5.69 Å². The van der Waals surface area contributed by atoms with Crippen molar-refractivity contribution in [3.05, 3.63) is 83.4 Å². The van der Waals surface area contributed by atoms with Gasteiger partial charge in [-0.15, -0.1) is 0 Å². The molecule has 0 fully saturated rings. The van der Waals surface area contributed by atoms with Gasteiger partial charge in [0.05, 0.1) is 23.7 Å². The van der Waals surface area contributed by atoms with Crippen LogP contribution in [0.5, 0.6) is 5.75 Å². The van der Waals surface area contributed by atoms with Crippen molar-refractivity contribution in [1.82, 2.24) is 0 Å². The number of carbonyl (C=O) groups excluding carboxylic acids is 1. The first-order chi connectivity index (χ1) is 16.1. The number of amides is 1. The van der Waals surface area contributed by atoms with E-state index in [1.165, 1.54) is 18.2 Å². The van der Waals surface area contributed by atoms with E-state index in [9.17, 15) is 35.9 Å². The van der Waals surface area contributed by atoms with Gasteiger partial charge in [0.1, 0.15) is 29.1 Å². The van der Waals surface area contributed by atoms with Gasteiger partial charge in [0.2, 0.25) is 0 Å². The first kappa shape index (κ1) is 23.5. The fraction of sp³-hybridized carbons (Fsp3) is 0.136. The fourth-order valence-corrected chi connectivity index (χ4v) is 4.90. The molecule has 0 spiro atoms. The molecule has 2 N–H and O–H groups in total. The summed E-state index contributed by atoms with van der Waals surface area (Å²) in [6.07, 6.45) is -0.972. The van der Waals surface area contributed by atoms with Gasteiger partial charge in [-0.2, -0.15) is 0 Å². The summed E-state index contributed by atoms with van der Waals surface area (Å²) in [5, 5.41) is 11.8. The van der Waals surface area contributed by atoms with E-state index in [2.05, 4.69) is 5.32 Å². The first-order valence-corrected chi connectivity index (χ1v) is 11.2. The van der Waals surface area contributed by atoms with Crippen LogP contribution in [0, 0.1) is 23.3 Å². The second kappa shape index (κ2) is 8.95. The van der Waals surface area contributed by atoms with Crippen LogP contribution >= 0.6 is 0 Å². The zero-order valence-electron chi connectivity index (χ0n) is 17.1. The van der Waals surface area contributed by atoms with E-state index < -0.39 is 62.4 Å². The third-order valence-corrected chi connectivity index (χ3v) is 6.80. The summed E-state index contributed by atoms with van der Waals surface area (Å²) in [5.74, 6) is -5.90. The number of fused-ring (bicyclic) bond motifs is 1. The number of rotatable bonds is 5. The van der Waals surface area contributed by atoms with E-state index in [1.54, 1.807) is 0 Å². The molecule has 0 radical (unpaired) electrons. The summed E-state index contributed by atoms with van der Waals surface area (Å²) >= 11 is 0. The van der Waals surface area contributed by atoms with Gasteiger partial charge in [-0.05, 0) is 48.5 Å². The summed E-state index contributed by atoms with van der Waals surface area (Å²) in [4.78, 5) is 11.9. The molecule has 0 aliphatic carbocycles. The molecule has 12 heteroatoms. The third-order valence-electron chi connectivity index (χ3n) is 5.02.